The van der Waals surface area contributed by atoms with Gasteiger partial charge in [0.15, 0.2) is 0 Å². The normalized spacial score (nSPS) is 12.0. The maximum absolute atomic E-state index is 9.92. The first kappa shape index (κ1) is 16.8. The zero-order chi connectivity index (χ0) is 17.8. The Morgan fingerprint density at radius 1 is 0.769 bits per heavy atom. The molecule has 0 bridgehead atoms. The van der Waals surface area contributed by atoms with E-state index in [1.807, 2.05) is 60.7 Å². The van der Waals surface area contributed by atoms with Crippen molar-refractivity contribution in [3.05, 3.63) is 90.5 Å². The molecule has 0 saturated heterocycles. The number of aromatic amines is 1. The van der Waals surface area contributed by atoms with E-state index in [2.05, 4.69) is 35.3 Å². The Hall–Kier alpha value is -2.61. The van der Waals surface area contributed by atoms with Crippen LogP contribution in [-0.4, -0.2) is 4.98 Å². The first-order valence-electron chi connectivity index (χ1n) is 8.30. The van der Waals surface area contributed by atoms with E-state index in [4.69, 9.17) is 0 Å². The second-order valence-electron chi connectivity index (χ2n) is 5.77. The minimum Gasteiger partial charge on any atom is -0.349 e. The van der Waals surface area contributed by atoms with Crippen molar-refractivity contribution in [2.24, 2.45) is 0 Å². The van der Waals surface area contributed by atoms with Gasteiger partial charge in [0.1, 0.15) is 5.25 Å². The summed E-state index contributed by atoms with van der Waals surface area (Å²) in [5.74, 6) is 0. The van der Waals surface area contributed by atoms with Crippen LogP contribution in [0.1, 0.15) is 10.8 Å². The van der Waals surface area contributed by atoms with Crippen LogP contribution in [0.5, 0.6) is 0 Å². The molecule has 0 aliphatic heterocycles. The van der Waals surface area contributed by atoms with E-state index < -0.39 is 0 Å². The lowest BCUT2D eigenvalue weighted by Gasteiger charge is -2.11. The summed E-state index contributed by atoms with van der Waals surface area (Å²) in [5, 5.41) is 11.8. The summed E-state index contributed by atoms with van der Waals surface area (Å²) in [4.78, 5) is 5.76. The lowest BCUT2D eigenvalue weighted by Crippen LogP contribution is -1.92. The highest BCUT2D eigenvalue weighted by atomic mass is 32.2. The van der Waals surface area contributed by atoms with Gasteiger partial charge in [-0.3, -0.25) is 0 Å². The summed E-state index contributed by atoms with van der Waals surface area (Å²) in [6.45, 7) is 0. The number of nitriles is 1. The summed E-state index contributed by atoms with van der Waals surface area (Å²) < 4.78 is 0. The van der Waals surface area contributed by atoms with E-state index in [1.54, 1.807) is 23.5 Å². The molecule has 0 amide bonds. The Labute approximate surface area is 161 Å². The van der Waals surface area contributed by atoms with Crippen molar-refractivity contribution >= 4 is 34.4 Å². The molecule has 0 radical (unpaired) electrons. The maximum atomic E-state index is 9.92. The number of thioether (sulfide) groups is 1. The van der Waals surface area contributed by atoms with E-state index >= 15 is 0 Å². The number of H-pyrrole nitrogens is 1. The van der Waals surface area contributed by atoms with Gasteiger partial charge in [0, 0.05) is 26.3 Å². The Morgan fingerprint density at radius 3 is 2.08 bits per heavy atom. The highest BCUT2D eigenvalue weighted by Crippen LogP contribution is 2.44. The van der Waals surface area contributed by atoms with Gasteiger partial charge >= 0.3 is 0 Å². The fourth-order valence-corrected chi connectivity index (χ4v) is 4.98. The Morgan fingerprint density at radius 2 is 1.38 bits per heavy atom. The second-order valence-corrected chi connectivity index (χ2v) is 8.03. The molecule has 4 heteroatoms. The van der Waals surface area contributed by atoms with E-state index in [1.165, 1.54) is 0 Å². The molecule has 2 nitrogen and oxygen atoms in total. The monoisotopic (exact) mass is 372 g/mol. The van der Waals surface area contributed by atoms with Crippen LogP contribution in [0.3, 0.4) is 0 Å². The molecule has 126 valence electrons. The van der Waals surface area contributed by atoms with E-state index in [0.29, 0.717) is 0 Å². The molecule has 1 atom stereocenters. The minimum absolute atomic E-state index is 0.278. The molecule has 4 aromatic rings. The molecule has 1 aromatic heterocycles. The van der Waals surface area contributed by atoms with Crippen LogP contribution in [0.2, 0.25) is 0 Å². The van der Waals surface area contributed by atoms with Crippen LogP contribution in [0.4, 0.5) is 0 Å². The average molecular weight is 373 g/mol. The fraction of sp³-hybridized carbons (Fsp3) is 0.0455. The molecule has 4 rings (SSSR count). The van der Waals surface area contributed by atoms with Crippen LogP contribution in [0.25, 0.3) is 10.9 Å². The third kappa shape index (κ3) is 3.50. The maximum Gasteiger partial charge on any atom is 0.124 e. The lowest BCUT2D eigenvalue weighted by molar-refractivity contribution is 1.11. The third-order valence-corrected chi connectivity index (χ3v) is 6.20. The summed E-state index contributed by atoms with van der Waals surface area (Å²) in [6.07, 6.45) is 0. The summed E-state index contributed by atoms with van der Waals surface area (Å²) in [6, 6.07) is 31.1. The zero-order valence-corrected chi connectivity index (χ0v) is 15.6. The fourth-order valence-electron chi connectivity index (χ4n) is 2.87. The molecular formula is C22H16N2S2. The van der Waals surface area contributed by atoms with Gasteiger partial charge < -0.3 is 4.98 Å². The average Bonchev–Trinajstić information content (AvgIpc) is 3.05. The van der Waals surface area contributed by atoms with Crippen molar-refractivity contribution in [1.29, 1.82) is 5.26 Å². The van der Waals surface area contributed by atoms with Gasteiger partial charge in [0.25, 0.3) is 0 Å². The number of hydrogen-bond donors (Lipinski definition) is 1. The lowest BCUT2D eigenvalue weighted by atomic mass is 10.1. The summed E-state index contributed by atoms with van der Waals surface area (Å²) >= 11 is 3.27. The van der Waals surface area contributed by atoms with Gasteiger partial charge in [0.05, 0.1) is 11.1 Å². The van der Waals surface area contributed by atoms with Crippen molar-refractivity contribution in [1.82, 2.24) is 4.98 Å². The molecule has 0 aliphatic carbocycles. The number of benzene rings is 3. The number of rotatable bonds is 5. The van der Waals surface area contributed by atoms with Crippen LogP contribution < -0.4 is 0 Å². The molecule has 1 N–H and O–H groups in total. The SMILES string of the molecule is N#CC(Sc1ccccc1)c1c(Sc2ccccc2)[nH]c2ccccc12. The highest BCUT2D eigenvalue weighted by Gasteiger charge is 2.22. The Kier molecular flexibility index (Phi) is 5.01. The molecule has 1 unspecified atom stereocenters. The first-order chi connectivity index (χ1) is 12.8. The van der Waals surface area contributed by atoms with Gasteiger partial charge in [-0.05, 0) is 30.3 Å². The summed E-state index contributed by atoms with van der Waals surface area (Å²) in [7, 11) is 0. The smallest absolute Gasteiger partial charge is 0.124 e. The van der Waals surface area contributed by atoms with Crippen LogP contribution in [0, 0.1) is 11.3 Å². The molecule has 0 spiro atoms. The van der Waals surface area contributed by atoms with Gasteiger partial charge in [-0.15, -0.1) is 11.8 Å². The van der Waals surface area contributed by atoms with Gasteiger partial charge in [-0.25, -0.2) is 0 Å². The van der Waals surface area contributed by atoms with Crippen molar-refractivity contribution in [3.63, 3.8) is 0 Å². The standard InChI is InChI=1S/C22H16N2S2/c23-15-20(25-16-9-3-1-4-10-16)21-18-13-7-8-14-19(18)24-22(21)26-17-11-5-2-6-12-17/h1-14,20,24H. The van der Waals surface area contributed by atoms with Crippen molar-refractivity contribution in [2.45, 2.75) is 20.1 Å². The first-order valence-corrected chi connectivity index (χ1v) is 9.99. The molecule has 0 aliphatic rings. The highest BCUT2D eigenvalue weighted by molar-refractivity contribution is 8.00. The van der Waals surface area contributed by atoms with Crippen LogP contribution in [-0.2, 0) is 0 Å². The predicted octanol–water partition coefficient (Wildman–Crippen LogP) is 6.68. The number of nitrogens with one attached hydrogen (secondary N) is 1. The van der Waals surface area contributed by atoms with E-state index in [9.17, 15) is 5.26 Å². The molecule has 0 fully saturated rings. The Balaban J connectivity index is 1.78. The quantitative estimate of drug-likeness (QED) is 0.397. The molecule has 0 saturated carbocycles. The van der Waals surface area contributed by atoms with Crippen molar-refractivity contribution in [2.75, 3.05) is 0 Å². The van der Waals surface area contributed by atoms with E-state index in [0.717, 1.165) is 31.3 Å². The summed E-state index contributed by atoms with van der Waals surface area (Å²) in [5.41, 5.74) is 2.13. The molecule has 26 heavy (non-hydrogen) atoms. The molecule has 1 heterocycles. The topological polar surface area (TPSA) is 39.6 Å². The number of hydrogen-bond acceptors (Lipinski definition) is 3. The van der Waals surface area contributed by atoms with Gasteiger partial charge in [-0.1, -0.05) is 66.4 Å². The van der Waals surface area contributed by atoms with Crippen LogP contribution in [0.15, 0.2) is 99.7 Å². The number of fused-ring (bicyclic) bond motifs is 1. The third-order valence-electron chi connectivity index (χ3n) is 4.05. The predicted molar refractivity (Wildman–Crippen MR) is 110 cm³/mol. The van der Waals surface area contributed by atoms with Gasteiger partial charge in [0.2, 0.25) is 0 Å². The van der Waals surface area contributed by atoms with Crippen molar-refractivity contribution < 1.29 is 0 Å². The number of aromatic nitrogens is 1. The van der Waals surface area contributed by atoms with E-state index in [-0.39, 0.29) is 5.25 Å². The second kappa shape index (κ2) is 7.74. The minimum atomic E-state index is -0.278. The van der Waals surface area contributed by atoms with Crippen LogP contribution >= 0.6 is 23.5 Å². The van der Waals surface area contributed by atoms with Crippen molar-refractivity contribution in [3.8, 4) is 6.07 Å². The molecular weight excluding hydrogens is 356 g/mol. The largest absolute Gasteiger partial charge is 0.349 e. The zero-order valence-electron chi connectivity index (χ0n) is 13.9. The number of para-hydroxylation sites is 1. The van der Waals surface area contributed by atoms with Gasteiger partial charge in [-0.2, -0.15) is 5.26 Å². The molecule has 3 aromatic carbocycles. The Bertz CT molecular complexity index is 1050. The number of nitrogens with zero attached hydrogens (tertiary/aromatic N) is 1.